The fourth-order valence-corrected chi connectivity index (χ4v) is 0.977. The van der Waals surface area contributed by atoms with Crippen molar-refractivity contribution in [3.63, 3.8) is 0 Å². The van der Waals surface area contributed by atoms with Gasteiger partial charge in [-0.25, -0.2) is 0 Å². The summed E-state index contributed by atoms with van der Waals surface area (Å²) in [6.45, 7) is 4.83. The SMILES string of the molecule is CC(C)(CO)CNc1ccc(O)cc1. The molecule has 0 unspecified atom stereocenters. The van der Waals surface area contributed by atoms with Crippen molar-refractivity contribution in [3.8, 4) is 5.75 Å². The summed E-state index contributed by atoms with van der Waals surface area (Å²) in [6.07, 6.45) is 0. The summed E-state index contributed by atoms with van der Waals surface area (Å²) in [5.41, 5.74) is 0.821. The summed E-state index contributed by atoms with van der Waals surface area (Å²) in [6, 6.07) is 6.88. The summed E-state index contributed by atoms with van der Waals surface area (Å²) >= 11 is 0. The van der Waals surface area contributed by atoms with E-state index in [-0.39, 0.29) is 17.8 Å². The molecule has 0 fully saturated rings. The van der Waals surface area contributed by atoms with E-state index in [1.54, 1.807) is 12.1 Å². The van der Waals surface area contributed by atoms with Gasteiger partial charge in [0.1, 0.15) is 5.75 Å². The van der Waals surface area contributed by atoms with E-state index in [1.165, 1.54) is 0 Å². The first-order chi connectivity index (χ1) is 6.53. The van der Waals surface area contributed by atoms with Crippen LogP contribution in [0.5, 0.6) is 5.75 Å². The van der Waals surface area contributed by atoms with Gasteiger partial charge in [0, 0.05) is 24.3 Å². The fourth-order valence-electron chi connectivity index (χ4n) is 0.977. The lowest BCUT2D eigenvalue weighted by atomic mass is 9.95. The number of rotatable bonds is 4. The van der Waals surface area contributed by atoms with Crippen molar-refractivity contribution in [2.24, 2.45) is 5.41 Å². The molecule has 1 rings (SSSR count). The highest BCUT2D eigenvalue weighted by Crippen LogP contribution is 2.17. The summed E-state index contributed by atoms with van der Waals surface area (Å²) < 4.78 is 0. The zero-order chi connectivity index (χ0) is 10.6. The Bertz CT molecular complexity index is 280. The minimum Gasteiger partial charge on any atom is -0.508 e. The minimum atomic E-state index is -0.127. The Hall–Kier alpha value is -1.22. The summed E-state index contributed by atoms with van der Waals surface area (Å²) in [5.74, 6) is 0.261. The van der Waals surface area contributed by atoms with Crippen LogP contribution >= 0.6 is 0 Å². The van der Waals surface area contributed by atoms with Gasteiger partial charge in [-0.2, -0.15) is 0 Å². The smallest absolute Gasteiger partial charge is 0.115 e. The molecule has 0 spiro atoms. The third-order valence-corrected chi connectivity index (χ3v) is 2.07. The van der Waals surface area contributed by atoms with Crippen molar-refractivity contribution in [1.82, 2.24) is 0 Å². The molecular weight excluding hydrogens is 178 g/mol. The molecule has 1 aromatic rings. The van der Waals surface area contributed by atoms with Crippen molar-refractivity contribution < 1.29 is 10.2 Å². The van der Waals surface area contributed by atoms with Crippen LogP contribution in [-0.2, 0) is 0 Å². The average Bonchev–Trinajstić information content (AvgIpc) is 2.17. The Balaban J connectivity index is 2.50. The monoisotopic (exact) mass is 195 g/mol. The van der Waals surface area contributed by atoms with Crippen molar-refractivity contribution in [2.45, 2.75) is 13.8 Å². The lowest BCUT2D eigenvalue weighted by Gasteiger charge is -2.22. The number of aliphatic hydroxyl groups is 1. The maximum absolute atomic E-state index is 9.06. The van der Waals surface area contributed by atoms with E-state index in [2.05, 4.69) is 5.32 Å². The number of nitrogens with one attached hydrogen (secondary N) is 1. The number of aromatic hydroxyl groups is 1. The van der Waals surface area contributed by atoms with Gasteiger partial charge in [-0.15, -0.1) is 0 Å². The molecule has 0 aliphatic carbocycles. The highest BCUT2D eigenvalue weighted by atomic mass is 16.3. The maximum Gasteiger partial charge on any atom is 0.115 e. The van der Waals surface area contributed by atoms with Gasteiger partial charge in [-0.1, -0.05) is 13.8 Å². The van der Waals surface area contributed by atoms with Gasteiger partial charge in [-0.3, -0.25) is 0 Å². The van der Waals surface area contributed by atoms with Crippen LogP contribution in [0.4, 0.5) is 5.69 Å². The predicted molar refractivity (Wildman–Crippen MR) is 57.5 cm³/mol. The number of anilines is 1. The molecule has 0 atom stereocenters. The van der Waals surface area contributed by atoms with Gasteiger partial charge in [0.05, 0.1) is 0 Å². The third-order valence-electron chi connectivity index (χ3n) is 2.07. The maximum atomic E-state index is 9.06. The molecule has 3 N–H and O–H groups in total. The van der Waals surface area contributed by atoms with Crippen molar-refractivity contribution in [3.05, 3.63) is 24.3 Å². The van der Waals surface area contributed by atoms with Crippen molar-refractivity contribution in [1.29, 1.82) is 0 Å². The molecule has 0 bridgehead atoms. The quantitative estimate of drug-likeness (QED) is 0.642. The number of hydrogen-bond acceptors (Lipinski definition) is 3. The number of aliphatic hydroxyl groups excluding tert-OH is 1. The van der Waals surface area contributed by atoms with Crippen LogP contribution < -0.4 is 5.32 Å². The molecule has 14 heavy (non-hydrogen) atoms. The Morgan fingerprint density at radius 1 is 1.21 bits per heavy atom. The van der Waals surface area contributed by atoms with Crippen LogP contribution in [0.25, 0.3) is 0 Å². The van der Waals surface area contributed by atoms with Gasteiger partial charge < -0.3 is 15.5 Å². The fraction of sp³-hybridized carbons (Fsp3) is 0.455. The number of phenolic OH excluding ortho intramolecular Hbond substituents is 1. The average molecular weight is 195 g/mol. The molecule has 1 aromatic carbocycles. The largest absolute Gasteiger partial charge is 0.508 e. The van der Waals surface area contributed by atoms with Gasteiger partial charge in [0.15, 0.2) is 0 Å². The summed E-state index contributed by atoms with van der Waals surface area (Å²) in [7, 11) is 0. The first kappa shape index (κ1) is 10.9. The molecule has 0 radical (unpaired) electrons. The highest BCUT2D eigenvalue weighted by Gasteiger charge is 2.15. The standard InChI is InChI=1S/C11H17NO2/c1-11(2,8-13)7-12-9-3-5-10(14)6-4-9/h3-6,12-14H,7-8H2,1-2H3. The van der Waals surface area contributed by atoms with Crippen molar-refractivity contribution in [2.75, 3.05) is 18.5 Å². The highest BCUT2D eigenvalue weighted by molar-refractivity contribution is 5.46. The minimum absolute atomic E-state index is 0.127. The Kier molecular flexibility index (Phi) is 3.36. The lowest BCUT2D eigenvalue weighted by molar-refractivity contribution is 0.171. The molecule has 3 heteroatoms. The molecular formula is C11H17NO2. The van der Waals surface area contributed by atoms with Crippen LogP contribution in [0.1, 0.15) is 13.8 Å². The first-order valence-corrected chi connectivity index (χ1v) is 4.67. The van der Waals surface area contributed by atoms with Gasteiger partial charge in [0.25, 0.3) is 0 Å². The van der Waals surface area contributed by atoms with E-state index in [9.17, 15) is 0 Å². The molecule has 0 saturated heterocycles. The van der Waals surface area contributed by atoms with Crippen LogP contribution in [0.2, 0.25) is 0 Å². The molecule has 0 aromatic heterocycles. The molecule has 0 aliphatic heterocycles. The van der Waals surface area contributed by atoms with Crippen LogP contribution in [0, 0.1) is 5.41 Å². The third kappa shape index (κ3) is 3.26. The van der Waals surface area contributed by atoms with Gasteiger partial charge in [0.2, 0.25) is 0 Å². The lowest BCUT2D eigenvalue weighted by Crippen LogP contribution is -2.26. The number of phenols is 1. The van der Waals surface area contributed by atoms with E-state index in [4.69, 9.17) is 10.2 Å². The number of benzene rings is 1. The van der Waals surface area contributed by atoms with Crippen LogP contribution in [-0.4, -0.2) is 23.4 Å². The summed E-state index contributed by atoms with van der Waals surface area (Å²) in [5, 5.41) is 21.3. The van der Waals surface area contributed by atoms with Crippen LogP contribution in [0.15, 0.2) is 24.3 Å². The second-order valence-electron chi connectivity index (χ2n) is 4.22. The van der Waals surface area contributed by atoms with Crippen molar-refractivity contribution >= 4 is 5.69 Å². The molecule has 0 saturated carbocycles. The zero-order valence-corrected chi connectivity index (χ0v) is 8.62. The normalized spacial score (nSPS) is 11.4. The Morgan fingerprint density at radius 2 is 1.79 bits per heavy atom. The zero-order valence-electron chi connectivity index (χ0n) is 8.62. The Morgan fingerprint density at radius 3 is 2.29 bits per heavy atom. The Labute approximate surface area is 84.4 Å². The molecule has 0 heterocycles. The van der Waals surface area contributed by atoms with E-state index in [0.29, 0.717) is 6.54 Å². The van der Waals surface area contributed by atoms with Crippen LogP contribution in [0.3, 0.4) is 0 Å². The molecule has 0 amide bonds. The van der Waals surface area contributed by atoms with Gasteiger partial charge in [-0.05, 0) is 24.3 Å². The topological polar surface area (TPSA) is 52.5 Å². The molecule has 0 aliphatic rings. The van der Waals surface area contributed by atoms with E-state index in [0.717, 1.165) is 5.69 Å². The molecule has 3 nitrogen and oxygen atoms in total. The second-order valence-corrected chi connectivity index (χ2v) is 4.22. The second kappa shape index (κ2) is 4.33. The predicted octanol–water partition coefficient (Wildman–Crippen LogP) is 1.82. The number of hydrogen-bond donors (Lipinski definition) is 3. The van der Waals surface area contributed by atoms with E-state index < -0.39 is 0 Å². The first-order valence-electron chi connectivity index (χ1n) is 4.67. The van der Waals surface area contributed by atoms with E-state index >= 15 is 0 Å². The molecule has 78 valence electrons. The summed E-state index contributed by atoms with van der Waals surface area (Å²) in [4.78, 5) is 0. The van der Waals surface area contributed by atoms with E-state index in [1.807, 2.05) is 26.0 Å². The van der Waals surface area contributed by atoms with Gasteiger partial charge >= 0.3 is 0 Å².